The molecule has 1 aromatic rings. The Bertz CT molecular complexity index is 381. The van der Waals surface area contributed by atoms with Crippen LogP contribution in [0.25, 0.3) is 0 Å². The van der Waals surface area contributed by atoms with Crippen molar-refractivity contribution >= 4 is 33.0 Å². The minimum absolute atomic E-state index is 0.309. The smallest absolute Gasteiger partial charge is 0.144 e. The van der Waals surface area contributed by atoms with Crippen LogP contribution in [0.15, 0.2) is 33.1 Å². The Morgan fingerprint density at radius 1 is 1.25 bits per heavy atom. The van der Waals surface area contributed by atoms with Crippen molar-refractivity contribution in [1.82, 2.24) is 0 Å². The van der Waals surface area contributed by atoms with Crippen molar-refractivity contribution in [1.29, 1.82) is 0 Å². The monoisotopic (exact) mass is 301 g/mol. The van der Waals surface area contributed by atoms with Gasteiger partial charge in [-0.15, -0.1) is 0 Å². The van der Waals surface area contributed by atoms with E-state index in [9.17, 15) is 4.55 Å². The zero-order valence-electron chi connectivity index (χ0n) is 9.95. The van der Waals surface area contributed by atoms with Crippen LogP contribution in [0.3, 0.4) is 0 Å². The van der Waals surface area contributed by atoms with Gasteiger partial charge in [-0.3, -0.25) is 0 Å². The molecule has 2 nitrogen and oxygen atoms in total. The first kappa shape index (κ1) is 13.7. The summed E-state index contributed by atoms with van der Waals surface area (Å²) in [7, 11) is 0. The molecule has 0 fully saturated rings. The van der Waals surface area contributed by atoms with E-state index in [1.807, 2.05) is 52.0 Å². The molecule has 0 aliphatic rings. The van der Waals surface area contributed by atoms with Crippen molar-refractivity contribution in [2.45, 2.75) is 32.4 Å². The topological polar surface area (TPSA) is 35.4 Å². The standard InChI is InChI=1S/C12H16BrNOS/c1-9(14-16(15)12(2,3)4)10-5-7-11(13)8-6-10/h5-8H,1-4H3/b14-9+/t16-/m0/s1. The second kappa shape index (κ2) is 5.34. The number of benzene rings is 1. The van der Waals surface area contributed by atoms with Gasteiger partial charge in [-0.1, -0.05) is 32.5 Å². The van der Waals surface area contributed by atoms with Crippen LogP contribution in [0.1, 0.15) is 33.3 Å². The zero-order valence-corrected chi connectivity index (χ0v) is 12.4. The van der Waals surface area contributed by atoms with E-state index < -0.39 is 11.4 Å². The molecule has 0 bridgehead atoms. The molecule has 0 N–H and O–H groups in total. The Kier molecular flexibility index (Phi) is 4.59. The molecular formula is C12H16BrNOS. The SMILES string of the molecule is C/C(=N\[S@@+]([O-])C(C)(C)C)c1ccc(Br)cc1. The van der Waals surface area contributed by atoms with E-state index in [1.54, 1.807) is 0 Å². The van der Waals surface area contributed by atoms with Crippen molar-refractivity contribution in [3.63, 3.8) is 0 Å². The van der Waals surface area contributed by atoms with Gasteiger partial charge in [0.15, 0.2) is 0 Å². The number of hydrogen-bond donors (Lipinski definition) is 0. The van der Waals surface area contributed by atoms with Crippen LogP contribution in [-0.4, -0.2) is 15.0 Å². The van der Waals surface area contributed by atoms with E-state index in [0.717, 1.165) is 15.7 Å². The predicted octanol–water partition coefficient (Wildman–Crippen LogP) is 3.72. The molecule has 1 rings (SSSR count). The molecule has 0 amide bonds. The highest BCUT2D eigenvalue weighted by Crippen LogP contribution is 2.19. The van der Waals surface area contributed by atoms with Gasteiger partial charge in [0.2, 0.25) is 0 Å². The van der Waals surface area contributed by atoms with E-state index in [-0.39, 0.29) is 4.75 Å². The molecule has 4 heteroatoms. The molecule has 0 unspecified atom stereocenters. The third-order valence-electron chi connectivity index (χ3n) is 2.01. The summed E-state index contributed by atoms with van der Waals surface area (Å²) >= 11 is 2.18. The Labute approximate surface area is 109 Å². The predicted molar refractivity (Wildman–Crippen MR) is 74.2 cm³/mol. The second-order valence-electron chi connectivity index (χ2n) is 4.55. The van der Waals surface area contributed by atoms with Crippen LogP contribution in [0.5, 0.6) is 0 Å². The average Bonchev–Trinajstić information content (AvgIpc) is 2.17. The number of hydrogen-bond acceptors (Lipinski definition) is 2. The lowest BCUT2D eigenvalue weighted by atomic mass is 10.1. The van der Waals surface area contributed by atoms with Gasteiger partial charge in [0.05, 0.1) is 5.71 Å². The highest BCUT2D eigenvalue weighted by molar-refractivity contribution is 9.10. The van der Waals surface area contributed by atoms with Crippen molar-refractivity contribution in [2.24, 2.45) is 4.40 Å². The van der Waals surface area contributed by atoms with Crippen LogP contribution in [0, 0.1) is 0 Å². The molecule has 88 valence electrons. The lowest BCUT2D eigenvalue weighted by Gasteiger charge is -2.18. The summed E-state index contributed by atoms with van der Waals surface area (Å²) in [5.74, 6) is 0. The normalized spacial score (nSPS) is 15.0. The van der Waals surface area contributed by atoms with Gasteiger partial charge in [-0.05, 0) is 39.8 Å². The van der Waals surface area contributed by atoms with Gasteiger partial charge in [0.25, 0.3) is 0 Å². The summed E-state index contributed by atoms with van der Waals surface area (Å²) in [6.45, 7) is 7.64. The van der Waals surface area contributed by atoms with Crippen LogP contribution < -0.4 is 0 Å². The molecular weight excluding hydrogens is 286 g/mol. The maximum absolute atomic E-state index is 11.8. The summed E-state index contributed by atoms with van der Waals surface area (Å²) in [6, 6.07) is 7.83. The van der Waals surface area contributed by atoms with Crippen molar-refractivity contribution in [3.05, 3.63) is 34.3 Å². The third-order valence-corrected chi connectivity index (χ3v) is 4.02. The summed E-state index contributed by atoms with van der Waals surface area (Å²) < 4.78 is 16.8. The van der Waals surface area contributed by atoms with E-state index in [4.69, 9.17) is 0 Å². The van der Waals surface area contributed by atoms with Crippen LogP contribution >= 0.6 is 15.9 Å². The third kappa shape index (κ3) is 3.92. The maximum atomic E-state index is 11.8. The lowest BCUT2D eigenvalue weighted by molar-refractivity contribution is 0.561. The molecule has 0 spiro atoms. The minimum atomic E-state index is -1.20. The fraction of sp³-hybridized carbons (Fsp3) is 0.417. The Morgan fingerprint density at radius 3 is 2.19 bits per heavy atom. The first-order valence-corrected chi connectivity index (χ1v) is 6.94. The summed E-state index contributed by atoms with van der Waals surface area (Å²) in [6.07, 6.45) is 0. The molecule has 0 saturated heterocycles. The lowest BCUT2D eigenvalue weighted by Crippen LogP contribution is -2.26. The van der Waals surface area contributed by atoms with Crippen LogP contribution in [0.4, 0.5) is 0 Å². The van der Waals surface area contributed by atoms with E-state index in [0.29, 0.717) is 0 Å². The summed E-state index contributed by atoms with van der Waals surface area (Å²) in [5.41, 5.74) is 1.81. The molecule has 0 aliphatic heterocycles. The van der Waals surface area contributed by atoms with Gasteiger partial charge >= 0.3 is 0 Å². The molecule has 1 atom stereocenters. The molecule has 0 radical (unpaired) electrons. The van der Waals surface area contributed by atoms with Gasteiger partial charge in [0.1, 0.15) is 16.1 Å². The molecule has 16 heavy (non-hydrogen) atoms. The van der Waals surface area contributed by atoms with Gasteiger partial charge in [0, 0.05) is 10.0 Å². The Morgan fingerprint density at radius 2 is 1.75 bits per heavy atom. The number of halogens is 1. The molecule has 0 aromatic heterocycles. The average molecular weight is 302 g/mol. The number of rotatable bonds is 2. The fourth-order valence-corrected chi connectivity index (χ4v) is 1.90. The van der Waals surface area contributed by atoms with Crippen molar-refractivity contribution in [3.8, 4) is 0 Å². The van der Waals surface area contributed by atoms with Gasteiger partial charge in [-0.25, -0.2) is 0 Å². The largest absolute Gasteiger partial charge is 0.591 e. The highest BCUT2D eigenvalue weighted by Gasteiger charge is 2.26. The van der Waals surface area contributed by atoms with Crippen molar-refractivity contribution < 1.29 is 4.55 Å². The minimum Gasteiger partial charge on any atom is -0.591 e. The fourth-order valence-electron chi connectivity index (χ4n) is 1.01. The van der Waals surface area contributed by atoms with E-state index in [1.165, 1.54) is 0 Å². The second-order valence-corrected chi connectivity index (χ2v) is 7.37. The first-order chi connectivity index (χ1) is 7.30. The molecule has 0 saturated carbocycles. The van der Waals surface area contributed by atoms with E-state index in [2.05, 4.69) is 20.3 Å². The Hall–Kier alpha value is -0.320. The van der Waals surface area contributed by atoms with Gasteiger partial charge < -0.3 is 4.55 Å². The van der Waals surface area contributed by atoms with Crippen molar-refractivity contribution in [2.75, 3.05) is 0 Å². The molecule has 0 heterocycles. The summed E-state index contributed by atoms with van der Waals surface area (Å²) in [4.78, 5) is 0. The maximum Gasteiger partial charge on any atom is 0.144 e. The first-order valence-electron chi connectivity index (χ1n) is 5.04. The molecule has 0 aliphatic carbocycles. The van der Waals surface area contributed by atoms with Gasteiger partial charge in [-0.2, -0.15) is 0 Å². The quantitative estimate of drug-likeness (QED) is 0.606. The van der Waals surface area contributed by atoms with Crippen LogP contribution in [0.2, 0.25) is 0 Å². The highest BCUT2D eigenvalue weighted by atomic mass is 79.9. The molecule has 1 aromatic carbocycles. The number of nitrogens with zero attached hydrogens (tertiary/aromatic N) is 1. The van der Waals surface area contributed by atoms with Crippen LogP contribution in [-0.2, 0) is 11.4 Å². The summed E-state index contributed by atoms with van der Waals surface area (Å²) in [5, 5.41) is 0. The Balaban J connectivity index is 2.89. The zero-order chi connectivity index (χ0) is 12.3. The van der Waals surface area contributed by atoms with E-state index >= 15 is 0 Å².